The van der Waals surface area contributed by atoms with Crippen molar-refractivity contribution >= 4 is 22.9 Å². The van der Waals surface area contributed by atoms with Gasteiger partial charge in [-0.15, -0.1) is 11.3 Å². The molecule has 1 saturated carbocycles. The minimum Gasteiger partial charge on any atom is -0.309 e. The van der Waals surface area contributed by atoms with Crippen molar-refractivity contribution in [1.82, 2.24) is 5.32 Å². The van der Waals surface area contributed by atoms with Gasteiger partial charge < -0.3 is 5.32 Å². The minimum absolute atomic E-state index is 0.476. The van der Waals surface area contributed by atoms with E-state index in [0.717, 1.165) is 23.4 Å². The van der Waals surface area contributed by atoms with Gasteiger partial charge in [-0.1, -0.05) is 57.6 Å². The number of hydrogen-bond acceptors (Lipinski definition) is 2. The molecule has 1 fully saturated rings. The maximum atomic E-state index is 6.40. The Morgan fingerprint density at radius 2 is 2.00 bits per heavy atom. The summed E-state index contributed by atoms with van der Waals surface area (Å²) in [6, 6.07) is 2.53. The van der Waals surface area contributed by atoms with Gasteiger partial charge in [-0.25, -0.2) is 0 Å². The lowest BCUT2D eigenvalue weighted by molar-refractivity contribution is 0.215. The van der Waals surface area contributed by atoms with Crippen molar-refractivity contribution < 1.29 is 0 Å². The average molecular weight is 328 g/mol. The zero-order valence-electron chi connectivity index (χ0n) is 13.5. The van der Waals surface area contributed by atoms with E-state index in [1.807, 2.05) is 11.3 Å². The fraction of sp³-hybridized carbons (Fsp3) is 0.778. The molecule has 120 valence electrons. The van der Waals surface area contributed by atoms with Crippen molar-refractivity contribution in [2.24, 2.45) is 11.8 Å². The van der Waals surface area contributed by atoms with Gasteiger partial charge in [-0.05, 0) is 49.1 Å². The molecule has 0 aromatic carbocycles. The Kier molecular flexibility index (Phi) is 7.56. The molecule has 1 N–H and O–H groups in total. The maximum absolute atomic E-state index is 6.40. The first kappa shape index (κ1) is 17.3. The van der Waals surface area contributed by atoms with E-state index in [1.54, 1.807) is 0 Å². The summed E-state index contributed by atoms with van der Waals surface area (Å²) in [5.41, 5.74) is 0. The molecular weight excluding hydrogens is 298 g/mol. The highest BCUT2D eigenvalue weighted by Gasteiger charge is 2.29. The Hall–Kier alpha value is -0.0500. The molecule has 0 aliphatic heterocycles. The summed E-state index contributed by atoms with van der Waals surface area (Å²) in [4.78, 5) is 1.36. The Balaban J connectivity index is 1.94. The van der Waals surface area contributed by atoms with Crippen molar-refractivity contribution in [3.05, 3.63) is 21.3 Å². The summed E-state index contributed by atoms with van der Waals surface area (Å²) in [6.45, 7) is 5.63. The standard InChI is InChI=1S/C18H30ClNS/c1-3-5-6-14-7-9-15(10-8-14)17(20-12-4-2)18-16(19)11-13-21-18/h11,13-15,17,20H,3-10,12H2,1-2H3. The predicted octanol–water partition coefficient (Wildman–Crippen LogP) is 6.44. The second-order valence-corrected chi connectivity index (χ2v) is 7.84. The van der Waals surface area contributed by atoms with Gasteiger partial charge in [-0.2, -0.15) is 0 Å². The van der Waals surface area contributed by atoms with E-state index in [-0.39, 0.29) is 0 Å². The van der Waals surface area contributed by atoms with E-state index in [2.05, 4.69) is 30.6 Å². The summed E-state index contributed by atoms with van der Waals surface area (Å²) in [5.74, 6) is 1.75. The molecule has 1 unspecified atom stereocenters. The minimum atomic E-state index is 0.476. The normalized spacial score (nSPS) is 24.1. The van der Waals surface area contributed by atoms with Gasteiger partial charge in [0.2, 0.25) is 0 Å². The second-order valence-electron chi connectivity index (χ2n) is 6.49. The van der Waals surface area contributed by atoms with E-state index in [4.69, 9.17) is 11.6 Å². The molecule has 1 aromatic heterocycles. The van der Waals surface area contributed by atoms with Crippen LogP contribution >= 0.6 is 22.9 Å². The lowest BCUT2D eigenvalue weighted by Crippen LogP contribution is -2.31. The van der Waals surface area contributed by atoms with Crippen molar-refractivity contribution in [2.75, 3.05) is 6.54 Å². The molecule has 0 amide bonds. The van der Waals surface area contributed by atoms with Crippen LogP contribution in [0.5, 0.6) is 0 Å². The quantitative estimate of drug-likeness (QED) is 0.579. The summed E-state index contributed by atoms with van der Waals surface area (Å²) < 4.78 is 0. The highest BCUT2D eigenvalue weighted by Crippen LogP contribution is 2.41. The topological polar surface area (TPSA) is 12.0 Å². The molecule has 1 aromatic rings. The number of halogens is 1. The lowest BCUT2D eigenvalue weighted by atomic mass is 9.76. The van der Waals surface area contributed by atoms with Gasteiger partial charge >= 0.3 is 0 Å². The van der Waals surface area contributed by atoms with E-state index in [9.17, 15) is 0 Å². The molecule has 1 nitrogen and oxygen atoms in total. The monoisotopic (exact) mass is 327 g/mol. The maximum Gasteiger partial charge on any atom is 0.0561 e. The summed E-state index contributed by atoms with van der Waals surface area (Å²) in [6.07, 6.45) is 10.9. The highest BCUT2D eigenvalue weighted by atomic mass is 35.5. The zero-order valence-corrected chi connectivity index (χ0v) is 15.1. The molecule has 2 rings (SSSR count). The van der Waals surface area contributed by atoms with Gasteiger partial charge in [0.1, 0.15) is 0 Å². The number of unbranched alkanes of at least 4 members (excludes halogenated alkanes) is 1. The van der Waals surface area contributed by atoms with Crippen LogP contribution in [0.25, 0.3) is 0 Å². The van der Waals surface area contributed by atoms with Crippen molar-refractivity contribution in [2.45, 2.75) is 71.3 Å². The van der Waals surface area contributed by atoms with Crippen LogP contribution in [-0.2, 0) is 0 Å². The smallest absolute Gasteiger partial charge is 0.0561 e. The van der Waals surface area contributed by atoms with Crippen molar-refractivity contribution in [1.29, 1.82) is 0 Å². The first-order valence-electron chi connectivity index (χ1n) is 8.72. The Morgan fingerprint density at radius 1 is 1.24 bits per heavy atom. The molecule has 0 spiro atoms. The number of rotatable bonds is 8. The fourth-order valence-electron chi connectivity index (χ4n) is 3.60. The van der Waals surface area contributed by atoms with Gasteiger partial charge in [0, 0.05) is 10.9 Å². The molecule has 1 heterocycles. The van der Waals surface area contributed by atoms with E-state index in [0.29, 0.717) is 6.04 Å². The van der Waals surface area contributed by atoms with Crippen LogP contribution in [0, 0.1) is 11.8 Å². The Labute approximate surface area is 139 Å². The number of nitrogens with one attached hydrogen (secondary N) is 1. The first-order valence-corrected chi connectivity index (χ1v) is 9.98. The second kappa shape index (κ2) is 9.17. The average Bonchev–Trinajstić information content (AvgIpc) is 2.93. The predicted molar refractivity (Wildman–Crippen MR) is 95.3 cm³/mol. The van der Waals surface area contributed by atoms with Crippen LogP contribution in [-0.4, -0.2) is 6.54 Å². The number of thiophene rings is 1. The SMILES string of the molecule is CCCCC1CCC(C(NCCC)c2sccc2Cl)CC1. The van der Waals surface area contributed by atoms with Crippen LogP contribution in [0.4, 0.5) is 0 Å². The highest BCUT2D eigenvalue weighted by molar-refractivity contribution is 7.10. The number of hydrogen-bond donors (Lipinski definition) is 1. The third-order valence-electron chi connectivity index (χ3n) is 4.87. The fourth-order valence-corrected chi connectivity index (χ4v) is 4.95. The summed E-state index contributed by atoms with van der Waals surface area (Å²) in [5, 5.41) is 6.86. The molecule has 0 saturated heterocycles. The molecule has 21 heavy (non-hydrogen) atoms. The first-order chi connectivity index (χ1) is 10.3. The van der Waals surface area contributed by atoms with Gasteiger partial charge in [0.15, 0.2) is 0 Å². The zero-order chi connectivity index (χ0) is 15.1. The van der Waals surface area contributed by atoms with Crippen LogP contribution in [0.2, 0.25) is 5.02 Å². The van der Waals surface area contributed by atoms with E-state index < -0.39 is 0 Å². The van der Waals surface area contributed by atoms with Gasteiger partial charge in [0.05, 0.1) is 5.02 Å². The summed E-state index contributed by atoms with van der Waals surface area (Å²) >= 11 is 8.22. The van der Waals surface area contributed by atoms with E-state index >= 15 is 0 Å². The summed E-state index contributed by atoms with van der Waals surface area (Å²) in [7, 11) is 0. The van der Waals surface area contributed by atoms with Crippen LogP contribution in [0.1, 0.15) is 76.1 Å². The lowest BCUT2D eigenvalue weighted by Gasteiger charge is -2.34. The van der Waals surface area contributed by atoms with Crippen LogP contribution in [0.15, 0.2) is 11.4 Å². The van der Waals surface area contributed by atoms with Crippen molar-refractivity contribution in [3.63, 3.8) is 0 Å². The Bertz CT molecular complexity index is 396. The van der Waals surface area contributed by atoms with Crippen LogP contribution in [0.3, 0.4) is 0 Å². The Morgan fingerprint density at radius 3 is 2.57 bits per heavy atom. The third-order valence-corrected chi connectivity index (χ3v) is 6.31. The molecule has 3 heteroatoms. The molecule has 0 bridgehead atoms. The van der Waals surface area contributed by atoms with E-state index in [1.165, 1.54) is 56.2 Å². The van der Waals surface area contributed by atoms with Crippen molar-refractivity contribution in [3.8, 4) is 0 Å². The van der Waals surface area contributed by atoms with Gasteiger partial charge in [-0.3, -0.25) is 0 Å². The third kappa shape index (κ3) is 4.97. The van der Waals surface area contributed by atoms with Crippen LogP contribution < -0.4 is 5.32 Å². The molecule has 1 atom stereocenters. The molecular formula is C18H30ClNS. The van der Waals surface area contributed by atoms with Gasteiger partial charge in [0.25, 0.3) is 0 Å². The molecule has 1 aliphatic carbocycles. The molecule has 0 radical (unpaired) electrons. The largest absolute Gasteiger partial charge is 0.309 e. The molecule has 1 aliphatic rings.